The number of nitrogens with zero attached hydrogens (tertiary/aromatic N) is 3. The third-order valence-electron chi connectivity index (χ3n) is 2.94. The van der Waals surface area contributed by atoms with Crippen LogP contribution in [0.15, 0.2) is 6.33 Å². The van der Waals surface area contributed by atoms with Crippen LogP contribution in [0.3, 0.4) is 0 Å². The van der Waals surface area contributed by atoms with Crippen molar-refractivity contribution >= 4 is 17.5 Å². The van der Waals surface area contributed by atoms with E-state index in [1.165, 1.54) is 0 Å². The second-order valence-corrected chi connectivity index (χ2v) is 4.37. The number of hydrogen-bond acceptors (Lipinski definition) is 5. The predicted molar refractivity (Wildman–Crippen MR) is 70.8 cm³/mol. The van der Waals surface area contributed by atoms with Crippen LogP contribution in [0.5, 0.6) is 0 Å². The Bertz CT molecular complexity index is 434. The average molecular weight is 249 g/mol. The van der Waals surface area contributed by atoms with Gasteiger partial charge in [0.05, 0.1) is 6.54 Å². The molecular weight excluding hydrogens is 230 g/mol. The molecule has 2 N–H and O–H groups in total. The predicted octanol–water partition coefficient (Wildman–Crippen LogP) is 0.543. The maximum atomic E-state index is 11.4. The van der Waals surface area contributed by atoms with Crippen molar-refractivity contribution in [1.82, 2.24) is 15.3 Å². The SMILES string of the molecule is CCCNc1ncnc(N2CCNC(=O)C2)c1C. The fourth-order valence-electron chi connectivity index (χ4n) is 2.00. The Morgan fingerprint density at radius 1 is 1.50 bits per heavy atom. The number of carbonyl (C=O) groups is 1. The number of hydrogen-bond donors (Lipinski definition) is 2. The number of carbonyl (C=O) groups excluding carboxylic acids is 1. The molecule has 18 heavy (non-hydrogen) atoms. The van der Waals surface area contributed by atoms with E-state index in [0.29, 0.717) is 13.1 Å². The molecule has 0 aromatic carbocycles. The van der Waals surface area contributed by atoms with Gasteiger partial charge in [-0.2, -0.15) is 0 Å². The third-order valence-corrected chi connectivity index (χ3v) is 2.94. The van der Waals surface area contributed by atoms with Crippen LogP contribution in [-0.2, 0) is 4.79 Å². The number of anilines is 2. The van der Waals surface area contributed by atoms with Crippen LogP contribution in [0.25, 0.3) is 0 Å². The summed E-state index contributed by atoms with van der Waals surface area (Å²) in [5.74, 6) is 1.74. The first kappa shape index (κ1) is 12.6. The standard InChI is InChI=1S/C12H19N5O/c1-3-4-14-11-9(2)12(16-8-15-11)17-6-5-13-10(18)7-17/h8H,3-7H2,1-2H3,(H,13,18)(H,14,15,16). The van der Waals surface area contributed by atoms with Gasteiger partial charge in [-0.15, -0.1) is 0 Å². The molecule has 98 valence electrons. The summed E-state index contributed by atoms with van der Waals surface area (Å²) in [6, 6.07) is 0. The minimum atomic E-state index is 0.0438. The molecule has 1 aromatic heterocycles. The monoisotopic (exact) mass is 249 g/mol. The van der Waals surface area contributed by atoms with Crippen molar-refractivity contribution in [3.8, 4) is 0 Å². The van der Waals surface area contributed by atoms with Crippen molar-refractivity contribution in [3.63, 3.8) is 0 Å². The number of aromatic nitrogens is 2. The summed E-state index contributed by atoms with van der Waals surface area (Å²) >= 11 is 0. The van der Waals surface area contributed by atoms with Crippen LogP contribution in [0, 0.1) is 6.92 Å². The second-order valence-electron chi connectivity index (χ2n) is 4.37. The van der Waals surface area contributed by atoms with E-state index in [0.717, 1.165) is 36.7 Å². The molecule has 1 fully saturated rings. The van der Waals surface area contributed by atoms with Crippen LogP contribution in [0.1, 0.15) is 18.9 Å². The van der Waals surface area contributed by atoms with E-state index in [1.807, 2.05) is 11.8 Å². The van der Waals surface area contributed by atoms with Gasteiger partial charge in [0.15, 0.2) is 0 Å². The molecule has 1 aromatic rings. The quantitative estimate of drug-likeness (QED) is 0.815. The Morgan fingerprint density at radius 3 is 3.06 bits per heavy atom. The molecule has 0 atom stereocenters. The van der Waals surface area contributed by atoms with Crippen LogP contribution in [0.2, 0.25) is 0 Å². The lowest BCUT2D eigenvalue weighted by molar-refractivity contribution is -0.120. The second kappa shape index (κ2) is 5.66. The molecule has 0 aliphatic carbocycles. The molecule has 2 heterocycles. The lowest BCUT2D eigenvalue weighted by Crippen LogP contribution is -2.48. The fraction of sp³-hybridized carbons (Fsp3) is 0.583. The lowest BCUT2D eigenvalue weighted by atomic mass is 10.2. The summed E-state index contributed by atoms with van der Waals surface area (Å²) in [4.78, 5) is 21.9. The summed E-state index contributed by atoms with van der Waals surface area (Å²) in [5, 5.41) is 6.09. The summed E-state index contributed by atoms with van der Waals surface area (Å²) in [6.45, 7) is 6.80. The minimum Gasteiger partial charge on any atom is -0.370 e. The average Bonchev–Trinajstić information content (AvgIpc) is 2.37. The van der Waals surface area contributed by atoms with Gasteiger partial charge in [0, 0.05) is 25.2 Å². The van der Waals surface area contributed by atoms with Gasteiger partial charge < -0.3 is 15.5 Å². The Balaban J connectivity index is 2.19. The van der Waals surface area contributed by atoms with Gasteiger partial charge in [-0.05, 0) is 13.3 Å². The van der Waals surface area contributed by atoms with Crippen molar-refractivity contribution in [2.75, 3.05) is 36.4 Å². The molecule has 0 radical (unpaired) electrons. The third kappa shape index (κ3) is 2.69. The van der Waals surface area contributed by atoms with Gasteiger partial charge in [-0.1, -0.05) is 6.92 Å². The molecule has 0 bridgehead atoms. The first-order valence-electron chi connectivity index (χ1n) is 6.29. The molecule has 0 spiro atoms. The molecule has 6 nitrogen and oxygen atoms in total. The van der Waals surface area contributed by atoms with Crippen molar-refractivity contribution in [1.29, 1.82) is 0 Å². The maximum Gasteiger partial charge on any atom is 0.239 e. The van der Waals surface area contributed by atoms with Gasteiger partial charge in [-0.3, -0.25) is 4.79 Å². The number of amides is 1. The Morgan fingerprint density at radius 2 is 2.33 bits per heavy atom. The summed E-state index contributed by atoms with van der Waals surface area (Å²) in [6.07, 6.45) is 2.59. The number of rotatable bonds is 4. The maximum absolute atomic E-state index is 11.4. The number of piperazine rings is 1. The topological polar surface area (TPSA) is 70.2 Å². The normalized spacial score (nSPS) is 15.4. The van der Waals surface area contributed by atoms with E-state index in [1.54, 1.807) is 6.33 Å². The highest BCUT2D eigenvalue weighted by Crippen LogP contribution is 2.22. The molecular formula is C12H19N5O. The molecule has 1 aliphatic rings. The highest BCUT2D eigenvalue weighted by Gasteiger charge is 2.20. The van der Waals surface area contributed by atoms with E-state index < -0.39 is 0 Å². The zero-order chi connectivity index (χ0) is 13.0. The molecule has 1 amide bonds. The molecule has 1 saturated heterocycles. The molecule has 0 unspecified atom stereocenters. The zero-order valence-corrected chi connectivity index (χ0v) is 10.9. The van der Waals surface area contributed by atoms with E-state index in [4.69, 9.17) is 0 Å². The zero-order valence-electron chi connectivity index (χ0n) is 10.9. The van der Waals surface area contributed by atoms with E-state index >= 15 is 0 Å². The molecule has 6 heteroatoms. The van der Waals surface area contributed by atoms with Gasteiger partial charge >= 0.3 is 0 Å². The highest BCUT2D eigenvalue weighted by atomic mass is 16.2. The molecule has 0 saturated carbocycles. The van der Waals surface area contributed by atoms with Crippen LogP contribution in [0.4, 0.5) is 11.6 Å². The molecule has 1 aliphatic heterocycles. The summed E-state index contributed by atoms with van der Waals surface area (Å²) in [7, 11) is 0. The van der Waals surface area contributed by atoms with Gasteiger partial charge in [0.25, 0.3) is 0 Å². The Labute approximate surface area is 107 Å². The van der Waals surface area contributed by atoms with Crippen molar-refractivity contribution in [2.45, 2.75) is 20.3 Å². The van der Waals surface area contributed by atoms with Crippen molar-refractivity contribution < 1.29 is 4.79 Å². The van der Waals surface area contributed by atoms with Crippen LogP contribution < -0.4 is 15.5 Å². The van der Waals surface area contributed by atoms with Gasteiger partial charge in [-0.25, -0.2) is 9.97 Å². The van der Waals surface area contributed by atoms with E-state index in [-0.39, 0.29) is 5.91 Å². The van der Waals surface area contributed by atoms with Gasteiger partial charge in [0.1, 0.15) is 18.0 Å². The number of nitrogens with one attached hydrogen (secondary N) is 2. The summed E-state index contributed by atoms with van der Waals surface area (Å²) in [5.41, 5.74) is 1.00. The highest BCUT2D eigenvalue weighted by molar-refractivity contribution is 5.82. The fourth-order valence-corrected chi connectivity index (χ4v) is 2.00. The van der Waals surface area contributed by atoms with Gasteiger partial charge in [0.2, 0.25) is 5.91 Å². The first-order chi connectivity index (χ1) is 8.72. The van der Waals surface area contributed by atoms with Crippen molar-refractivity contribution in [2.24, 2.45) is 0 Å². The van der Waals surface area contributed by atoms with E-state index in [2.05, 4.69) is 27.5 Å². The summed E-state index contributed by atoms with van der Waals surface area (Å²) < 4.78 is 0. The van der Waals surface area contributed by atoms with E-state index in [9.17, 15) is 4.79 Å². The first-order valence-corrected chi connectivity index (χ1v) is 6.29. The van der Waals surface area contributed by atoms with Crippen LogP contribution in [-0.4, -0.2) is 42.1 Å². The van der Waals surface area contributed by atoms with Crippen LogP contribution >= 0.6 is 0 Å². The lowest BCUT2D eigenvalue weighted by Gasteiger charge is -2.29. The van der Waals surface area contributed by atoms with Crippen molar-refractivity contribution in [3.05, 3.63) is 11.9 Å². The smallest absolute Gasteiger partial charge is 0.239 e. The minimum absolute atomic E-state index is 0.0438. The molecule has 2 rings (SSSR count). The Kier molecular flexibility index (Phi) is 3.96. The largest absolute Gasteiger partial charge is 0.370 e. The Hall–Kier alpha value is -1.85.